The normalized spacial score (nSPS) is 12.2. The number of furan rings is 1. The van der Waals surface area contributed by atoms with Gasteiger partial charge in [0.1, 0.15) is 0 Å². The maximum atomic E-state index is 11.6. The van der Waals surface area contributed by atoms with Gasteiger partial charge in [0, 0.05) is 22.9 Å². The first-order valence-electron chi connectivity index (χ1n) is 6.76. The second-order valence-corrected chi connectivity index (χ2v) is 5.14. The Bertz CT molecular complexity index is 544. The Hall–Kier alpha value is -2.23. The van der Waals surface area contributed by atoms with Crippen molar-refractivity contribution in [1.29, 1.82) is 0 Å². The first kappa shape index (κ1) is 14.2. The highest BCUT2D eigenvalue weighted by Gasteiger charge is 2.08. The molecular formula is C16H20N2O2. The Kier molecular flexibility index (Phi) is 4.45. The van der Waals surface area contributed by atoms with Crippen molar-refractivity contribution < 1.29 is 9.21 Å². The van der Waals surface area contributed by atoms with Crippen molar-refractivity contribution in [2.45, 2.75) is 26.8 Å². The summed E-state index contributed by atoms with van der Waals surface area (Å²) in [6.45, 7) is 5.81. The van der Waals surface area contributed by atoms with Gasteiger partial charge in [0.05, 0.1) is 18.6 Å². The average Bonchev–Trinajstić information content (AvgIpc) is 2.95. The zero-order valence-corrected chi connectivity index (χ0v) is 12.0. The number of benzene rings is 1. The number of hydrogen-bond donors (Lipinski definition) is 2. The molecule has 2 rings (SSSR count). The molecule has 0 aliphatic rings. The van der Waals surface area contributed by atoms with E-state index in [0.29, 0.717) is 0 Å². The third-order valence-electron chi connectivity index (χ3n) is 3.10. The molecule has 1 unspecified atom stereocenters. The molecular weight excluding hydrogens is 252 g/mol. The summed E-state index contributed by atoms with van der Waals surface area (Å²) in [5, 5.41) is 6.24. The molecule has 0 bridgehead atoms. The van der Waals surface area contributed by atoms with Crippen molar-refractivity contribution in [3.63, 3.8) is 0 Å². The highest BCUT2D eigenvalue weighted by molar-refractivity contribution is 5.92. The van der Waals surface area contributed by atoms with Crippen LogP contribution in [-0.2, 0) is 4.79 Å². The molecule has 2 N–H and O–H groups in total. The van der Waals surface area contributed by atoms with E-state index in [0.717, 1.165) is 16.9 Å². The number of hydrogen-bond acceptors (Lipinski definition) is 3. The second-order valence-electron chi connectivity index (χ2n) is 5.14. The molecule has 1 atom stereocenters. The zero-order valence-electron chi connectivity index (χ0n) is 12.0. The van der Waals surface area contributed by atoms with Crippen LogP contribution in [0.1, 0.15) is 32.4 Å². The predicted octanol–water partition coefficient (Wildman–Crippen LogP) is 4.05. The van der Waals surface area contributed by atoms with Gasteiger partial charge in [0.25, 0.3) is 0 Å². The number of amides is 1. The molecule has 0 spiro atoms. The molecule has 0 saturated heterocycles. The molecule has 1 amide bonds. The summed E-state index contributed by atoms with van der Waals surface area (Å²) in [5.74, 6) is 0.00592. The van der Waals surface area contributed by atoms with Crippen LogP contribution in [0.3, 0.4) is 0 Å². The fraction of sp³-hybridized carbons (Fsp3) is 0.312. The SMILES string of the molecule is CC(C)C(=O)Nc1ccc(NC(C)c2ccoc2)cc1. The minimum atomic E-state index is -0.0195. The van der Waals surface area contributed by atoms with Crippen LogP contribution in [0.25, 0.3) is 0 Å². The van der Waals surface area contributed by atoms with Gasteiger partial charge in [0.15, 0.2) is 0 Å². The average molecular weight is 272 g/mol. The van der Waals surface area contributed by atoms with Gasteiger partial charge in [-0.25, -0.2) is 0 Å². The monoisotopic (exact) mass is 272 g/mol. The van der Waals surface area contributed by atoms with Crippen LogP contribution in [0, 0.1) is 5.92 Å². The standard InChI is InChI=1S/C16H20N2O2/c1-11(2)16(19)18-15-6-4-14(5-7-15)17-12(3)13-8-9-20-10-13/h4-12,17H,1-3H3,(H,18,19). The van der Waals surface area contributed by atoms with Crippen molar-refractivity contribution in [2.24, 2.45) is 5.92 Å². The van der Waals surface area contributed by atoms with E-state index >= 15 is 0 Å². The number of nitrogens with one attached hydrogen (secondary N) is 2. The Morgan fingerprint density at radius 3 is 2.25 bits per heavy atom. The molecule has 106 valence electrons. The summed E-state index contributed by atoms with van der Waals surface area (Å²) in [6.07, 6.45) is 3.40. The molecule has 2 aromatic rings. The van der Waals surface area contributed by atoms with Crippen LogP contribution in [0.5, 0.6) is 0 Å². The Morgan fingerprint density at radius 2 is 1.70 bits per heavy atom. The van der Waals surface area contributed by atoms with Crippen molar-refractivity contribution in [3.8, 4) is 0 Å². The van der Waals surface area contributed by atoms with E-state index in [1.54, 1.807) is 12.5 Å². The summed E-state index contributed by atoms with van der Waals surface area (Å²) in [5.41, 5.74) is 2.91. The maximum Gasteiger partial charge on any atom is 0.226 e. The Morgan fingerprint density at radius 1 is 1.05 bits per heavy atom. The highest BCUT2D eigenvalue weighted by atomic mass is 16.3. The minimum Gasteiger partial charge on any atom is -0.472 e. The van der Waals surface area contributed by atoms with Crippen molar-refractivity contribution >= 4 is 17.3 Å². The van der Waals surface area contributed by atoms with Gasteiger partial charge >= 0.3 is 0 Å². The fourth-order valence-electron chi connectivity index (χ4n) is 1.79. The van der Waals surface area contributed by atoms with Gasteiger partial charge in [-0.1, -0.05) is 13.8 Å². The van der Waals surface area contributed by atoms with E-state index in [9.17, 15) is 4.79 Å². The number of anilines is 2. The lowest BCUT2D eigenvalue weighted by atomic mass is 10.1. The van der Waals surface area contributed by atoms with E-state index in [2.05, 4.69) is 17.6 Å². The smallest absolute Gasteiger partial charge is 0.226 e. The van der Waals surface area contributed by atoms with E-state index in [1.165, 1.54) is 0 Å². The Balaban J connectivity index is 1.96. The molecule has 0 saturated carbocycles. The van der Waals surface area contributed by atoms with Crippen molar-refractivity contribution in [2.75, 3.05) is 10.6 Å². The van der Waals surface area contributed by atoms with Crippen molar-refractivity contribution in [1.82, 2.24) is 0 Å². The number of carbonyl (C=O) groups excluding carboxylic acids is 1. The van der Waals surface area contributed by atoms with Gasteiger partial charge < -0.3 is 15.1 Å². The molecule has 20 heavy (non-hydrogen) atoms. The number of rotatable bonds is 5. The summed E-state index contributed by atoms with van der Waals surface area (Å²) in [7, 11) is 0. The van der Waals surface area contributed by atoms with Crippen LogP contribution >= 0.6 is 0 Å². The molecule has 4 nitrogen and oxygen atoms in total. The fourth-order valence-corrected chi connectivity index (χ4v) is 1.79. The first-order chi connectivity index (χ1) is 9.56. The Labute approximate surface area is 119 Å². The van der Waals surface area contributed by atoms with E-state index < -0.39 is 0 Å². The van der Waals surface area contributed by atoms with Gasteiger partial charge in [-0.3, -0.25) is 4.79 Å². The summed E-state index contributed by atoms with van der Waals surface area (Å²) in [4.78, 5) is 11.6. The third-order valence-corrected chi connectivity index (χ3v) is 3.10. The van der Waals surface area contributed by atoms with Gasteiger partial charge in [-0.2, -0.15) is 0 Å². The lowest BCUT2D eigenvalue weighted by Gasteiger charge is -2.14. The first-order valence-corrected chi connectivity index (χ1v) is 6.76. The van der Waals surface area contributed by atoms with E-state index in [1.807, 2.05) is 44.2 Å². The van der Waals surface area contributed by atoms with Crippen LogP contribution < -0.4 is 10.6 Å². The number of carbonyl (C=O) groups is 1. The third kappa shape index (κ3) is 3.63. The topological polar surface area (TPSA) is 54.3 Å². The van der Waals surface area contributed by atoms with Gasteiger partial charge in [0.2, 0.25) is 5.91 Å². The molecule has 0 aliphatic heterocycles. The molecule has 0 aliphatic carbocycles. The molecule has 0 fully saturated rings. The molecule has 1 heterocycles. The lowest BCUT2D eigenvalue weighted by Crippen LogP contribution is -2.17. The van der Waals surface area contributed by atoms with Crippen LogP contribution in [-0.4, -0.2) is 5.91 Å². The molecule has 1 aromatic carbocycles. The van der Waals surface area contributed by atoms with E-state index in [-0.39, 0.29) is 17.9 Å². The maximum absolute atomic E-state index is 11.6. The largest absolute Gasteiger partial charge is 0.472 e. The second kappa shape index (κ2) is 6.28. The quantitative estimate of drug-likeness (QED) is 0.863. The van der Waals surface area contributed by atoms with Crippen LogP contribution in [0.2, 0.25) is 0 Å². The van der Waals surface area contributed by atoms with Crippen LogP contribution in [0.4, 0.5) is 11.4 Å². The summed E-state index contributed by atoms with van der Waals surface area (Å²) in [6, 6.07) is 9.80. The van der Waals surface area contributed by atoms with Gasteiger partial charge in [-0.15, -0.1) is 0 Å². The van der Waals surface area contributed by atoms with Crippen molar-refractivity contribution in [3.05, 3.63) is 48.4 Å². The van der Waals surface area contributed by atoms with Crippen LogP contribution in [0.15, 0.2) is 47.3 Å². The lowest BCUT2D eigenvalue weighted by molar-refractivity contribution is -0.118. The van der Waals surface area contributed by atoms with E-state index in [4.69, 9.17) is 4.42 Å². The minimum absolute atomic E-state index is 0.0195. The highest BCUT2D eigenvalue weighted by Crippen LogP contribution is 2.21. The summed E-state index contributed by atoms with van der Waals surface area (Å²) >= 11 is 0. The molecule has 4 heteroatoms. The summed E-state index contributed by atoms with van der Waals surface area (Å²) < 4.78 is 5.07. The van der Waals surface area contributed by atoms with Gasteiger partial charge in [-0.05, 0) is 37.3 Å². The predicted molar refractivity (Wildman–Crippen MR) is 80.7 cm³/mol. The zero-order chi connectivity index (χ0) is 14.5. The molecule has 1 aromatic heterocycles. The molecule has 0 radical (unpaired) electrons.